The summed E-state index contributed by atoms with van der Waals surface area (Å²) in [6, 6.07) is 6.01. The third kappa shape index (κ3) is 2.81. The smallest absolute Gasteiger partial charge is 0.315 e. The first-order valence-corrected chi connectivity index (χ1v) is 7.86. The number of aromatic nitrogens is 1. The van der Waals surface area contributed by atoms with Crippen molar-refractivity contribution in [2.45, 2.75) is 38.1 Å². The van der Waals surface area contributed by atoms with E-state index >= 15 is 0 Å². The van der Waals surface area contributed by atoms with Crippen LogP contribution >= 0.6 is 0 Å². The fourth-order valence-corrected chi connectivity index (χ4v) is 3.17. The monoisotopic (exact) mass is 301 g/mol. The van der Waals surface area contributed by atoms with Crippen molar-refractivity contribution in [3.63, 3.8) is 0 Å². The molecule has 1 aliphatic carbocycles. The number of nitrogens with one attached hydrogen (secondary N) is 3. The molecule has 0 aliphatic heterocycles. The average molecular weight is 301 g/mol. The Morgan fingerprint density at radius 1 is 1.41 bits per heavy atom. The maximum Gasteiger partial charge on any atom is 0.315 e. The summed E-state index contributed by atoms with van der Waals surface area (Å²) in [4.78, 5) is 15.2. The van der Waals surface area contributed by atoms with Gasteiger partial charge in [-0.15, -0.1) is 0 Å². The van der Waals surface area contributed by atoms with E-state index in [1.54, 1.807) is 0 Å². The summed E-state index contributed by atoms with van der Waals surface area (Å²) in [6.07, 6.45) is 5.58. The predicted molar refractivity (Wildman–Crippen MR) is 86.9 cm³/mol. The van der Waals surface area contributed by atoms with E-state index in [9.17, 15) is 9.90 Å². The van der Waals surface area contributed by atoms with E-state index in [0.717, 1.165) is 31.2 Å². The minimum atomic E-state index is -0.387. The number of aromatic amines is 1. The van der Waals surface area contributed by atoms with E-state index in [2.05, 4.69) is 34.7 Å². The second kappa shape index (κ2) is 6.01. The summed E-state index contributed by atoms with van der Waals surface area (Å²) in [6.45, 7) is 2.69. The van der Waals surface area contributed by atoms with Crippen LogP contribution in [0.15, 0.2) is 24.4 Å². The summed E-state index contributed by atoms with van der Waals surface area (Å²) in [5.74, 6) is 0. The lowest BCUT2D eigenvalue weighted by Gasteiger charge is -2.40. The topological polar surface area (TPSA) is 77.2 Å². The molecule has 5 heteroatoms. The quantitative estimate of drug-likeness (QED) is 0.683. The molecule has 4 N–H and O–H groups in total. The van der Waals surface area contributed by atoms with Crippen LogP contribution in [-0.4, -0.2) is 34.8 Å². The number of rotatable bonds is 5. The maximum absolute atomic E-state index is 11.9. The van der Waals surface area contributed by atoms with Gasteiger partial charge in [0.2, 0.25) is 0 Å². The maximum atomic E-state index is 11.9. The van der Waals surface area contributed by atoms with Crippen LogP contribution in [-0.2, 0) is 6.42 Å². The number of H-pyrrole nitrogens is 1. The highest BCUT2D eigenvalue weighted by molar-refractivity contribution is 5.86. The van der Waals surface area contributed by atoms with Crippen molar-refractivity contribution in [2.24, 2.45) is 0 Å². The number of amides is 2. The molecule has 0 spiro atoms. The van der Waals surface area contributed by atoms with E-state index in [1.165, 1.54) is 16.5 Å². The fourth-order valence-electron chi connectivity index (χ4n) is 3.17. The molecule has 2 aromatic rings. The first kappa shape index (κ1) is 14.9. The molecule has 2 amide bonds. The molecule has 5 nitrogen and oxygen atoms in total. The number of hydrogen-bond acceptors (Lipinski definition) is 2. The Balaban J connectivity index is 1.55. The normalized spacial score (nSPS) is 16.3. The zero-order chi connectivity index (χ0) is 15.6. The molecule has 0 saturated heterocycles. The second-order valence-electron chi connectivity index (χ2n) is 6.23. The van der Waals surface area contributed by atoms with Crippen LogP contribution in [0.1, 0.15) is 30.4 Å². The average Bonchev–Trinajstić information content (AvgIpc) is 2.88. The van der Waals surface area contributed by atoms with Gasteiger partial charge in [-0.25, -0.2) is 4.79 Å². The fraction of sp³-hybridized carbons (Fsp3) is 0.471. The first-order chi connectivity index (χ1) is 10.6. The molecule has 0 unspecified atom stereocenters. The van der Waals surface area contributed by atoms with Gasteiger partial charge in [0.25, 0.3) is 0 Å². The van der Waals surface area contributed by atoms with Gasteiger partial charge in [-0.1, -0.05) is 12.1 Å². The molecule has 0 radical (unpaired) electrons. The Labute approximate surface area is 130 Å². The molecule has 0 bridgehead atoms. The van der Waals surface area contributed by atoms with Gasteiger partial charge in [0, 0.05) is 23.6 Å². The van der Waals surface area contributed by atoms with Crippen LogP contribution in [0.25, 0.3) is 10.9 Å². The molecule has 1 aromatic heterocycles. The highest BCUT2D eigenvalue weighted by Crippen LogP contribution is 2.30. The molecular weight excluding hydrogens is 278 g/mol. The van der Waals surface area contributed by atoms with Crippen LogP contribution in [0, 0.1) is 6.92 Å². The minimum absolute atomic E-state index is 0.0159. The Kier molecular flexibility index (Phi) is 4.07. The van der Waals surface area contributed by atoms with Crippen molar-refractivity contribution >= 4 is 16.9 Å². The van der Waals surface area contributed by atoms with Crippen LogP contribution < -0.4 is 10.6 Å². The van der Waals surface area contributed by atoms with Crippen LogP contribution in [0.4, 0.5) is 4.79 Å². The highest BCUT2D eigenvalue weighted by atomic mass is 16.3. The number of aliphatic hydroxyl groups is 1. The lowest BCUT2D eigenvalue weighted by Crippen LogP contribution is -2.58. The van der Waals surface area contributed by atoms with E-state index in [-0.39, 0.29) is 18.2 Å². The Morgan fingerprint density at radius 2 is 2.23 bits per heavy atom. The number of urea groups is 1. The molecule has 1 fully saturated rings. The number of carbonyl (C=O) groups is 1. The van der Waals surface area contributed by atoms with Gasteiger partial charge in [0.05, 0.1) is 12.1 Å². The first-order valence-electron chi connectivity index (χ1n) is 7.86. The Hall–Kier alpha value is -2.01. The predicted octanol–water partition coefficient (Wildman–Crippen LogP) is 2.23. The number of aryl methyl sites for hydroxylation is 1. The number of carbonyl (C=O) groups excluding carboxylic acids is 1. The molecule has 22 heavy (non-hydrogen) atoms. The largest absolute Gasteiger partial charge is 0.394 e. The van der Waals surface area contributed by atoms with E-state index in [4.69, 9.17) is 0 Å². The van der Waals surface area contributed by atoms with Crippen molar-refractivity contribution in [1.82, 2.24) is 15.6 Å². The zero-order valence-corrected chi connectivity index (χ0v) is 12.9. The van der Waals surface area contributed by atoms with Crippen molar-refractivity contribution in [3.8, 4) is 0 Å². The number of hydrogen-bond donors (Lipinski definition) is 4. The van der Waals surface area contributed by atoms with Gasteiger partial charge in [-0.2, -0.15) is 0 Å². The standard InChI is InChI=1S/C17H23N3O2/c1-12-4-2-5-14-15(12)13(10-19-14)6-9-18-16(22)20-17(11-21)7-3-8-17/h2,4-5,10,19,21H,3,6-9,11H2,1H3,(H2,18,20,22). The molecule has 1 heterocycles. The van der Waals surface area contributed by atoms with Crippen LogP contribution in [0.5, 0.6) is 0 Å². The minimum Gasteiger partial charge on any atom is -0.394 e. The SMILES string of the molecule is Cc1cccc2[nH]cc(CCNC(=O)NC3(CO)CCC3)c12. The van der Waals surface area contributed by atoms with Gasteiger partial charge in [0.1, 0.15) is 0 Å². The third-order valence-electron chi connectivity index (χ3n) is 4.67. The molecule has 1 aromatic carbocycles. The summed E-state index contributed by atoms with van der Waals surface area (Å²) in [5, 5.41) is 16.4. The molecule has 3 rings (SSSR count). The molecule has 1 saturated carbocycles. The number of benzene rings is 1. The molecule has 1 aliphatic rings. The van der Waals surface area contributed by atoms with Gasteiger partial charge < -0.3 is 20.7 Å². The van der Waals surface area contributed by atoms with Gasteiger partial charge >= 0.3 is 6.03 Å². The van der Waals surface area contributed by atoms with Crippen molar-refractivity contribution < 1.29 is 9.90 Å². The van der Waals surface area contributed by atoms with Gasteiger partial charge in [0.15, 0.2) is 0 Å². The zero-order valence-electron chi connectivity index (χ0n) is 12.9. The summed E-state index contributed by atoms with van der Waals surface area (Å²) >= 11 is 0. The van der Waals surface area contributed by atoms with E-state index in [0.29, 0.717) is 6.54 Å². The molecule has 0 atom stereocenters. The van der Waals surface area contributed by atoms with Crippen molar-refractivity contribution in [1.29, 1.82) is 0 Å². The Bertz CT molecular complexity index is 668. The molecular formula is C17H23N3O2. The third-order valence-corrected chi connectivity index (χ3v) is 4.67. The van der Waals surface area contributed by atoms with Crippen molar-refractivity contribution in [3.05, 3.63) is 35.5 Å². The second-order valence-corrected chi connectivity index (χ2v) is 6.23. The van der Waals surface area contributed by atoms with Crippen LogP contribution in [0.2, 0.25) is 0 Å². The number of fused-ring (bicyclic) bond motifs is 1. The van der Waals surface area contributed by atoms with Gasteiger partial charge in [-0.05, 0) is 49.8 Å². The van der Waals surface area contributed by atoms with E-state index in [1.807, 2.05) is 12.3 Å². The van der Waals surface area contributed by atoms with Crippen molar-refractivity contribution in [2.75, 3.05) is 13.2 Å². The highest BCUT2D eigenvalue weighted by Gasteiger charge is 2.37. The summed E-state index contributed by atoms with van der Waals surface area (Å²) < 4.78 is 0. The van der Waals surface area contributed by atoms with E-state index < -0.39 is 0 Å². The van der Waals surface area contributed by atoms with Crippen LogP contribution in [0.3, 0.4) is 0 Å². The summed E-state index contributed by atoms with van der Waals surface area (Å²) in [7, 11) is 0. The lowest BCUT2D eigenvalue weighted by molar-refractivity contribution is 0.0959. The Morgan fingerprint density at radius 3 is 2.91 bits per heavy atom. The van der Waals surface area contributed by atoms with Gasteiger partial charge in [-0.3, -0.25) is 0 Å². The summed E-state index contributed by atoms with van der Waals surface area (Å²) in [5.41, 5.74) is 3.20. The molecule has 118 valence electrons. The number of aliphatic hydroxyl groups excluding tert-OH is 1. The lowest BCUT2D eigenvalue weighted by atomic mass is 9.77.